The molecule has 1 heterocycles. The number of nitrogens with one attached hydrogen (secondary N) is 1. The molecule has 0 aromatic heterocycles. The first-order valence-corrected chi connectivity index (χ1v) is 7.74. The second kappa shape index (κ2) is 5.48. The van der Waals surface area contributed by atoms with Crippen molar-refractivity contribution in [3.63, 3.8) is 0 Å². The molecule has 0 spiro atoms. The second-order valence-electron chi connectivity index (χ2n) is 7.23. The molecule has 1 N–H and O–H groups in total. The van der Waals surface area contributed by atoms with Crippen LogP contribution in [0.5, 0.6) is 0 Å². The van der Waals surface area contributed by atoms with E-state index in [0.717, 1.165) is 6.42 Å². The Bertz CT molecular complexity index is 335. The molecule has 2 atom stereocenters. The summed E-state index contributed by atoms with van der Waals surface area (Å²) in [5, 5.41) is 3.45. The fraction of sp³-hybridized carbons (Fsp3) is 1.00. The Morgan fingerprint density at radius 1 is 1.20 bits per heavy atom. The standard InChI is InChI=1S/C15H27F3N2/c1-10(2)7-12-9-20(13(8-19-12)11(3)4)14(5-6-14)15(16,17)18/h10-13,19H,5-9H2,1-4H3. The molecule has 2 fully saturated rings. The first kappa shape index (κ1) is 16.1. The van der Waals surface area contributed by atoms with Crippen LogP contribution < -0.4 is 5.32 Å². The molecule has 0 bridgehead atoms. The van der Waals surface area contributed by atoms with Crippen molar-refractivity contribution in [2.24, 2.45) is 11.8 Å². The monoisotopic (exact) mass is 292 g/mol. The van der Waals surface area contributed by atoms with Gasteiger partial charge in [-0.3, -0.25) is 4.90 Å². The Morgan fingerprint density at radius 2 is 1.80 bits per heavy atom. The van der Waals surface area contributed by atoms with Crippen LogP contribution in [0.15, 0.2) is 0 Å². The molecule has 20 heavy (non-hydrogen) atoms. The third-order valence-corrected chi connectivity index (χ3v) is 4.76. The predicted molar refractivity (Wildman–Crippen MR) is 74.6 cm³/mol. The Hall–Kier alpha value is -0.290. The van der Waals surface area contributed by atoms with E-state index in [1.54, 1.807) is 4.90 Å². The van der Waals surface area contributed by atoms with Crippen molar-refractivity contribution < 1.29 is 13.2 Å². The maximum absolute atomic E-state index is 13.4. The molecule has 0 aromatic rings. The lowest BCUT2D eigenvalue weighted by atomic mass is 9.92. The molecule has 2 aliphatic rings. The van der Waals surface area contributed by atoms with Crippen molar-refractivity contribution in [2.45, 2.75) is 70.8 Å². The highest BCUT2D eigenvalue weighted by molar-refractivity contribution is 5.13. The van der Waals surface area contributed by atoms with Gasteiger partial charge in [0.1, 0.15) is 5.54 Å². The fourth-order valence-electron chi connectivity index (χ4n) is 3.50. The molecule has 2 rings (SSSR count). The zero-order valence-corrected chi connectivity index (χ0v) is 12.9. The van der Waals surface area contributed by atoms with Crippen molar-refractivity contribution in [1.82, 2.24) is 10.2 Å². The van der Waals surface area contributed by atoms with Gasteiger partial charge < -0.3 is 5.32 Å². The second-order valence-corrected chi connectivity index (χ2v) is 7.23. The molecule has 5 heteroatoms. The molecular weight excluding hydrogens is 265 g/mol. The van der Waals surface area contributed by atoms with Crippen LogP contribution in [-0.2, 0) is 0 Å². The van der Waals surface area contributed by atoms with E-state index in [2.05, 4.69) is 19.2 Å². The Balaban J connectivity index is 2.16. The van der Waals surface area contributed by atoms with Gasteiger partial charge in [-0.25, -0.2) is 0 Å². The summed E-state index contributed by atoms with van der Waals surface area (Å²) < 4.78 is 40.3. The van der Waals surface area contributed by atoms with E-state index in [-0.39, 0.29) is 30.8 Å². The largest absolute Gasteiger partial charge is 0.406 e. The predicted octanol–water partition coefficient (Wildman–Crippen LogP) is 3.43. The van der Waals surface area contributed by atoms with E-state index >= 15 is 0 Å². The molecule has 0 amide bonds. The van der Waals surface area contributed by atoms with Crippen LogP contribution in [0.1, 0.15) is 47.0 Å². The first-order chi connectivity index (χ1) is 9.17. The van der Waals surface area contributed by atoms with Crippen LogP contribution in [0.3, 0.4) is 0 Å². The number of halogens is 3. The molecule has 1 saturated heterocycles. The zero-order chi connectivity index (χ0) is 15.1. The SMILES string of the molecule is CC(C)CC1CN(C2(C(F)(F)F)CC2)C(C(C)C)CN1. The van der Waals surface area contributed by atoms with Gasteiger partial charge in [0.25, 0.3) is 0 Å². The minimum atomic E-state index is -4.10. The normalized spacial score (nSPS) is 31.1. The highest BCUT2D eigenvalue weighted by Crippen LogP contribution is 2.55. The molecule has 2 nitrogen and oxygen atoms in total. The third-order valence-electron chi connectivity index (χ3n) is 4.76. The van der Waals surface area contributed by atoms with Crippen LogP contribution in [0.4, 0.5) is 13.2 Å². The highest BCUT2D eigenvalue weighted by atomic mass is 19.4. The number of alkyl halides is 3. The summed E-state index contributed by atoms with van der Waals surface area (Å²) >= 11 is 0. The van der Waals surface area contributed by atoms with Gasteiger partial charge in [-0.05, 0) is 31.1 Å². The molecule has 118 valence electrons. The van der Waals surface area contributed by atoms with Crippen molar-refractivity contribution >= 4 is 0 Å². The minimum Gasteiger partial charge on any atom is -0.311 e. The van der Waals surface area contributed by atoms with E-state index in [4.69, 9.17) is 0 Å². The molecular formula is C15H27F3N2. The molecule has 0 aromatic carbocycles. The number of piperazine rings is 1. The van der Waals surface area contributed by atoms with Crippen molar-refractivity contribution in [1.29, 1.82) is 0 Å². The van der Waals surface area contributed by atoms with Crippen molar-refractivity contribution in [3.8, 4) is 0 Å². The van der Waals surface area contributed by atoms with Gasteiger partial charge in [-0.15, -0.1) is 0 Å². The minimum absolute atomic E-state index is 0.0115. The summed E-state index contributed by atoms with van der Waals surface area (Å²) in [6, 6.07) is 0.173. The number of rotatable bonds is 4. The van der Waals surface area contributed by atoms with Gasteiger partial charge >= 0.3 is 6.18 Å². The Labute approximate surface area is 120 Å². The van der Waals surface area contributed by atoms with Gasteiger partial charge in [-0.2, -0.15) is 13.2 Å². The lowest BCUT2D eigenvalue weighted by molar-refractivity contribution is -0.209. The summed E-state index contributed by atoms with van der Waals surface area (Å²) in [5.41, 5.74) is -1.53. The quantitative estimate of drug-likeness (QED) is 0.854. The number of hydrogen-bond acceptors (Lipinski definition) is 2. The van der Waals surface area contributed by atoms with Crippen LogP contribution in [0.2, 0.25) is 0 Å². The van der Waals surface area contributed by atoms with Crippen molar-refractivity contribution in [2.75, 3.05) is 13.1 Å². The van der Waals surface area contributed by atoms with Crippen LogP contribution >= 0.6 is 0 Å². The number of nitrogens with zero attached hydrogens (tertiary/aromatic N) is 1. The van der Waals surface area contributed by atoms with E-state index < -0.39 is 11.7 Å². The summed E-state index contributed by atoms with van der Waals surface area (Å²) in [6.07, 6.45) is -2.61. The summed E-state index contributed by atoms with van der Waals surface area (Å²) in [4.78, 5) is 1.78. The van der Waals surface area contributed by atoms with Crippen molar-refractivity contribution in [3.05, 3.63) is 0 Å². The topological polar surface area (TPSA) is 15.3 Å². The van der Waals surface area contributed by atoms with Crippen LogP contribution in [-0.4, -0.2) is 41.8 Å². The number of hydrogen-bond donors (Lipinski definition) is 1. The van der Waals surface area contributed by atoms with E-state index in [1.165, 1.54) is 0 Å². The molecule has 1 aliphatic heterocycles. The van der Waals surface area contributed by atoms with E-state index in [0.29, 0.717) is 19.0 Å². The average Bonchev–Trinajstić information content (AvgIpc) is 3.07. The molecule has 1 aliphatic carbocycles. The maximum Gasteiger partial charge on any atom is 0.406 e. The van der Waals surface area contributed by atoms with Gasteiger partial charge in [0, 0.05) is 25.2 Å². The molecule has 2 unspecified atom stereocenters. The lowest BCUT2D eigenvalue weighted by Crippen LogP contribution is -2.65. The van der Waals surface area contributed by atoms with Crippen LogP contribution in [0, 0.1) is 11.8 Å². The zero-order valence-electron chi connectivity index (χ0n) is 12.9. The lowest BCUT2D eigenvalue weighted by Gasteiger charge is -2.47. The fourth-order valence-corrected chi connectivity index (χ4v) is 3.50. The van der Waals surface area contributed by atoms with E-state index in [1.807, 2.05) is 13.8 Å². The smallest absolute Gasteiger partial charge is 0.311 e. The summed E-state index contributed by atoms with van der Waals surface area (Å²) in [7, 11) is 0. The van der Waals surface area contributed by atoms with Gasteiger partial charge in [0.05, 0.1) is 0 Å². The Kier molecular flexibility index (Phi) is 4.41. The summed E-state index contributed by atoms with van der Waals surface area (Å²) in [5.74, 6) is 0.744. The van der Waals surface area contributed by atoms with Gasteiger partial charge in [0.2, 0.25) is 0 Å². The third kappa shape index (κ3) is 2.98. The Morgan fingerprint density at radius 3 is 2.20 bits per heavy atom. The molecule has 0 radical (unpaired) electrons. The van der Waals surface area contributed by atoms with Gasteiger partial charge in [0.15, 0.2) is 0 Å². The van der Waals surface area contributed by atoms with Crippen LogP contribution in [0.25, 0.3) is 0 Å². The van der Waals surface area contributed by atoms with E-state index in [9.17, 15) is 13.2 Å². The maximum atomic E-state index is 13.4. The first-order valence-electron chi connectivity index (χ1n) is 7.74. The highest BCUT2D eigenvalue weighted by Gasteiger charge is 2.68. The average molecular weight is 292 g/mol. The molecule has 1 saturated carbocycles. The summed E-state index contributed by atoms with van der Waals surface area (Å²) in [6.45, 7) is 9.49. The van der Waals surface area contributed by atoms with Gasteiger partial charge in [-0.1, -0.05) is 27.7 Å².